The number of aliphatic carboxylic acids is 1. The highest BCUT2D eigenvalue weighted by Gasteiger charge is 2.46. The summed E-state index contributed by atoms with van der Waals surface area (Å²) in [5.41, 5.74) is -0.904. The second kappa shape index (κ2) is 5.74. The molecule has 0 saturated carbocycles. The molecule has 0 amide bonds. The number of sulfonamides is 1. The molecule has 0 fully saturated rings. The summed E-state index contributed by atoms with van der Waals surface area (Å²) >= 11 is 0. The largest absolute Gasteiger partial charge is 0.478 e. The molecule has 0 spiro atoms. The number of hydrogen-bond acceptors (Lipinski definition) is 3. The second-order valence-corrected chi connectivity index (χ2v) is 5.72. The number of hydrogen-bond donors (Lipinski definition) is 2. The molecule has 1 rings (SSSR count). The first kappa shape index (κ1) is 15.7. The van der Waals surface area contributed by atoms with Crippen LogP contribution in [0.1, 0.15) is 6.42 Å². The third-order valence-corrected chi connectivity index (χ3v) is 3.81. The van der Waals surface area contributed by atoms with Crippen LogP contribution in [0.5, 0.6) is 0 Å². The molecule has 2 unspecified atom stereocenters. The number of carbonyl (C=O) groups is 1. The average Bonchev–Trinajstić information content (AvgIpc) is 2.29. The van der Waals surface area contributed by atoms with E-state index in [9.17, 15) is 26.4 Å². The molecule has 0 heterocycles. The van der Waals surface area contributed by atoms with E-state index in [4.69, 9.17) is 5.11 Å². The van der Waals surface area contributed by atoms with Crippen LogP contribution >= 0.6 is 0 Å². The molecule has 9 heteroatoms. The van der Waals surface area contributed by atoms with E-state index in [1.54, 1.807) is 0 Å². The maximum Gasteiger partial charge on any atom is 0.334 e. The number of carboxylic acids is 1. The standard InChI is InChI=1S/C10H12F3NO4S/c11-5-2-6-19(17,18)14-10(13)4-1-3-7(8(10)12)9(15)16/h1,3-4,8,14H,2,5-6H2,(H,15,16). The Hall–Kier alpha value is -1.35. The van der Waals surface area contributed by atoms with Gasteiger partial charge in [0.1, 0.15) is 0 Å². The average molecular weight is 299 g/mol. The van der Waals surface area contributed by atoms with Crippen molar-refractivity contribution < 1.29 is 31.5 Å². The predicted octanol–water partition coefficient (Wildman–Crippen LogP) is 0.850. The van der Waals surface area contributed by atoms with Crippen molar-refractivity contribution in [1.29, 1.82) is 0 Å². The lowest BCUT2D eigenvalue weighted by atomic mass is 9.97. The van der Waals surface area contributed by atoms with E-state index in [0.717, 1.165) is 12.2 Å². The number of rotatable bonds is 6. The van der Waals surface area contributed by atoms with Crippen molar-refractivity contribution in [1.82, 2.24) is 4.72 Å². The maximum atomic E-state index is 14.1. The minimum absolute atomic E-state index is 0.367. The molecule has 1 aliphatic rings. The molecule has 19 heavy (non-hydrogen) atoms. The van der Waals surface area contributed by atoms with Gasteiger partial charge in [0.15, 0.2) is 6.17 Å². The lowest BCUT2D eigenvalue weighted by Gasteiger charge is -2.28. The molecule has 108 valence electrons. The molecular weight excluding hydrogens is 287 g/mol. The highest BCUT2D eigenvalue weighted by molar-refractivity contribution is 7.89. The SMILES string of the molecule is O=C(O)C1=CC=CC(F)(NS(=O)(=O)CCCF)C1F. The summed E-state index contributed by atoms with van der Waals surface area (Å²) in [5.74, 6) is -5.60. The molecule has 1 aliphatic carbocycles. The first-order valence-corrected chi connectivity index (χ1v) is 6.90. The third-order valence-electron chi connectivity index (χ3n) is 2.36. The van der Waals surface area contributed by atoms with E-state index in [-0.39, 0.29) is 6.42 Å². The Bertz CT molecular complexity index is 517. The van der Waals surface area contributed by atoms with E-state index in [1.807, 2.05) is 0 Å². The Morgan fingerprint density at radius 1 is 1.53 bits per heavy atom. The van der Waals surface area contributed by atoms with Crippen LogP contribution in [0.4, 0.5) is 13.2 Å². The summed E-state index contributed by atoms with van der Waals surface area (Å²) in [6.45, 7) is -0.921. The summed E-state index contributed by atoms with van der Waals surface area (Å²) in [6.07, 6.45) is -0.752. The number of carboxylic acid groups (broad SMARTS) is 1. The second-order valence-electron chi connectivity index (χ2n) is 3.88. The first-order valence-electron chi connectivity index (χ1n) is 5.25. The van der Waals surface area contributed by atoms with Gasteiger partial charge in [-0.15, -0.1) is 0 Å². The van der Waals surface area contributed by atoms with Gasteiger partial charge in [0.05, 0.1) is 18.0 Å². The van der Waals surface area contributed by atoms with Gasteiger partial charge in [-0.25, -0.2) is 22.0 Å². The molecule has 0 aromatic rings. The van der Waals surface area contributed by atoms with Gasteiger partial charge in [-0.05, 0) is 18.6 Å². The predicted molar refractivity (Wildman–Crippen MR) is 61.1 cm³/mol. The summed E-state index contributed by atoms with van der Waals surface area (Å²) in [7, 11) is -4.26. The van der Waals surface area contributed by atoms with Gasteiger partial charge in [0, 0.05) is 0 Å². The van der Waals surface area contributed by atoms with Gasteiger partial charge < -0.3 is 5.11 Å². The fourth-order valence-electron chi connectivity index (χ4n) is 1.49. The maximum absolute atomic E-state index is 14.1. The lowest BCUT2D eigenvalue weighted by molar-refractivity contribution is -0.134. The number of alkyl halides is 3. The molecular formula is C10H12F3NO4S. The monoisotopic (exact) mass is 299 g/mol. The fourth-order valence-corrected chi connectivity index (χ4v) is 2.73. The first-order chi connectivity index (χ1) is 8.72. The van der Waals surface area contributed by atoms with Crippen LogP contribution < -0.4 is 4.72 Å². The van der Waals surface area contributed by atoms with Crippen LogP contribution in [0.15, 0.2) is 23.8 Å². The van der Waals surface area contributed by atoms with E-state index in [2.05, 4.69) is 0 Å². The van der Waals surface area contributed by atoms with Crippen molar-refractivity contribution in [2.45, 2.75) is 18.4 Å². The Labute approximate surface area is 107 Å². The molecule has 0 radical (unpaired) electrons. The van der Waals surface area contributed by atoms with E-state index < -0.39 is 46.0 Å². The van der Waals surface area contributed by atoms with Crippen LogP contribution in [0.25, 0.3) is 0 Å². The van der Waals surface area contributed by atoms with Gasteiger partial charge in [-0.3, -0.25) is 4.39 Å². The minimum Gasteiger partial charge on any atom is -0.478 e. The lowest BCUT2D eigenvalue weighted by Crippen LogP contribution is -2.53. The zero-order valence-electron chi connectivity index (χ0n) is 9.64. The van der Waals surface area contributed by atoms with Crippen LogP contribution in [0.3, 0.4) is 0 Å². The van der Waals surface area contributed by atoms with Crippen molar-refractivity contribution in [3.8, 4) is 0 Å². The molecule has 0 aromatic carbocycles. The molecule has 0 aliphatic heterocycles. The van der Waals surface area contributed by atoms with Crippen LogP contribution in [0.2, 0.25) is 0 Å². The molecule has 0 aromatic heterocycles. The zero-order valence-corrected chi connectivity index (χ0v) is 10.5. The summed E-state index contributed by atoms with van der Waals surface area (Å²) in [4.78, 5) is 10.7. The normalized spacial score (nSPS) is 27.1. The Balaban J connectivity index is 2.92. The molecule has 5 nitrogen and oxygen atoms in total. The highest BCUT2D eigenvalue weighted by Crippen LogP contribution is 2.29. The Morgan fingerprint density at radius 2 is 2.16 bits per heavy atom. The molecule has 0 bridgehead atoms. The van der Waals surface area contributed by atoms with Gasteiger partial charge in [0.2, 0.25) is 15.8 Å². The van der Waals surface area contributed by atoms with Gasteiger partial charge in [0.25, 0.3) is 0 Å². The van der Waals surface area contributed by atoms with E-state index >= 15 is 0 Å². The van der Waals surface area contributed by atoms with Gasteiger partial charge in [-0.2, -0.15) is 4.72 Å². The van der Waals surface area contributed by atoms with E-state index in [0.29, 0.717) is 6.08 Å². The zero-order chi connectivity index (χ0) is 14.7. The van der Waals surface area contributed by atoms with Crippen molar-refractivity contribution in [2.24, 2.45) is 0 Å². The molecule has 2 atom stereocenters. The van der Waals surface area contributed by atoms with E-state index in [1.165, 1.54) is 4.72 Å². The van der Waals surface area contributed by atoms with Crippen molar-refractivity contribution >= 4 is 16.0 Å². The topological polar surface area (TPSA) is 83.5 Å². The highest BCUT2D eigenvalue weighted by atomic mass is 32.2. The number of halogens is 3. The number of nitrogens with one attached hydrogen (secondary N) is 1. The van der Waals surface area contributed by atoms with Gasteiger partial charge >= 0.3 is 5.97 Å². The Kier molecular flexibility index (Phi) is 4.75. The smallest absolute Gasteiger partial charge is 0.334 e. The Morgan fingerprint density at radius 3 is 2.68 bits per heavy atom. The van der Waals surface area contributed by atoms with Crippen molar-refractivity contribution in [3.63, 3.8) is 0 Å². The quantitative estimate of drug-likeness (QED) is 0.712. The van der Waals surface area contributed by atoms with Crippen LogP contribution in [-0.4, -0.2) is 43.9 Å². The van der Waals surface area contributed by atoms with Gasteiger partial charge in [-0.1, -0.05) is 6.08 Å². The fraction of sp³-hybridized carbons (Fsp3) is 0.500. The van der Waals surface area contributed by atoms with Crippen molar-refractivity contribution in [3.05, 3.63) is 23.8 Å². The van der Waals surface area contributed by atoms with Crippen LogP contribution in [0, 0.1) is 0 Å². The summed E-state index contributed by atoms with van der Waals surface area (Å²) < 4.78 is 64.0. The molecule has 0 saturated heterocycles. The summed E-state index contributed by atoms with van der Waals surface area (Å²) in [6, 6.07) is 0. The third kappa shape index (κ3) is 3.80. The number of allylic oxidation sites excluding steroid dienone is 2. The molecule has 2 N–H and O–H groups in total. The van der Waals surface area contributed by atoms with Crippen molar-refractivity contribution in [2.75, 3.05) is 12.4 Å². The minimum atomic E-state index is -4.26. The summed E-state index contributed by atoms with van der Waals surface area (Å²) in [5, 5.41) is 8.64. The van der Waals surface area contributed by atoms with Crippen LogP contribution in [-0.2, 0) is 14.8 Å².